The second kappa shape index (κ2) is 12.0. The van der Waals surface area contributed by atoms with Crippen LogP contribution in [-0.2, 0) is 10.8 Å². The maximum absolute atomic E-state index is 5.48. The van der Waals surface area contributed by atoms with Crippen molar-refractivity contribution in [3.8, 4) is 39.5 Å². The van der Waals surface area contributed by atoms with Crippen LogP contribution in [0.5, 0.6) is 0 Å². The smallest absolute Gasteiger partial charge is 0.167 e. The van der Waals surface area contributed by atoms with Gasteiger partial charge in [-0.05, 0) is 40.2 Å². The van der Waals surface area contributed by atoms with Gasteiger partial charge < -0.3 is 9.09 Å². The molecule has 2 heterocycles. The molecule has 4 heteroatoms. The Bertz CT molecular complexity index is 1600. The monoisotopic (exact) mass is 553 g/mol. The van der Waals surface area contributed by atoms with Gasteiger partial charge in [0.05, 0.1) is 12.0 Å². The first-order chi connectivity index (χ1) is 20.1. The van der Waals surface area contributed by atoms with Crippen molar-refractivity contribution in [2.24, 2.45) is 0 Å². The lowest BCUT2D eigenvalue weighted by Crippen LogP contribution is -2.11. The van der Waals surface area contributed by atoms with Gasteiger partial charge >= 0.3 is 0 Å². The quantitative estimate of drug-likeness (QED) is 0.218. The Labute approximate surface area is 249 Å². The van der Waals surface area contributed by atoms with E-state index < -0.39 is 0 Å². The molecule has 0 N–H and O–H groups in total. The molecule has 0 atom stereocenters. The molecule has 0 spiro atoms. The first kappa shape index (κ1) is 28.8. The zero-order valence-corrected chi connectivity index (χ0v) is 25.4. The van der Waals surface area contributed by atoms with Crippen LogP contribution in [0.15, 0.2) is 132 Å². The van der Waals surface area contributed by atoms with E-state index in [2.05, 4.69) is 123 Å². The summed E-state index contributed by atoms with van der Waals surface area (Å²) in [7, 11) is 0. The molecule has 42 heavy (non-hydrogen) atoms. The number of aromatic nitrogens is 3. The minimum absolute atomic E-state index is 0.127. The van der Waals surface area contributed by atoms with Crippen molar-refractivity contribution >= 4 is 0 Å². The third kappa shape index (κ3) is 6.95. The molecule has 0 fully saturated rings. The van der Waals surface area contributed by atoms with E-state index in [1.165, 1.54) is 11.1 Å². The molecule has 0 aliphatic heterocycles. The number of nitrogens with zero attached hydrogens (tertiary/aromatic N) is 3. The lowest BCUT2D eigenvalue weighted by molar-refractivity contribution is 0.435. The minimum Gasteiger partial charge on any atom is -0.356 e. The molecule has 0 unspecified atom stereocenters. The highest BCUT2D eigenvalue weighted by Gasteiger charge is 2.16. The lowest BCUT2D eigenvalue weighted by atomic mass is 9.86. The summed E-state index contributed by atoms with van der Waals surface area (Å²) in [5, 5.41) is 4.21. The molecule has 0 aliphatic rings. The molecule has 2 aromatic heterocycles. The van der Waals surface area contributed by atoms with Gasteiger partial charge in [0.25, 0.3) is 0 Å². The van der Waals surface area contributed by atoms with Crippen molar-refractivity contribution in [1.29, 1.82) is 0 Å². The Morgan fingerprint density at radius 1 is 0.548 bits per heavy atom. The van der Waals surface area contributed by atoms with Gasteiger partial charge in [-0.2, -0.15) is 0 Å². The van der Waals surface area contributed by atoms with Crippen LogP contribution < -0.4 is 0 Å². The highest BCUT2D eigenvalue weighted by Crippen LogP contribution is 2.30. The van der Waals surface area contributed by atoms with Crippen molar-refractivity contribution in [3.05, 3.63) is 139 Å². The Balaban J connectivity index is 0.000000168. The molecule has 6 rings (SSSR count). The van der Waals surface area contributed by atoms with Crippen molar-refractivity contribution in [3.63, 3.8) is 0 Å². The van der Waals surface area contributed by atoms with Gasteiger partial charge in [-0.1, -0.05) is 138 Å². The fourth-order valence-electron chi connectivity index (χ4n) is 4.65. The predicted molar refractivity (Wildman–Crippen MR) is 174 cm³/mol. The number of hydrogen-bond donors (Lipinski definition) is 0. The highest BCUT2D eigenvalue weighted by atomic mass is 16.5. The van der Waals surface area contributed by atoms with E-state index in [4.69, 9.17) is 4.52 Å². The van der Waals surface area contributed by atoms with E-state index in [1.807, 2.05) is 60.9 Å². The standard InChI is InChI=1S/C19H20N2.C19H19NO/c1-19(2,3)16-10-7-11-17(12-16)21-13-18(20-14-21)15-8-5-4-6-9-15;1-19(2,3)16-11-7-10-15(12-16)17-13-18(21-20-17)14-8-5-4-6-9-14/h4-14H,1-3H3;4-13H,1-3H3. The SMILES string of the molecule is CC(C)(C)c1cccc(-c2cc(-c3ccccc3)on2)c1.CC(C)(C)c1cccc(-n2cnc(-c3ccccc3)c2)c1. The van der Waals surface area contributed by atoms with Crippen molar-refractivity contribution in [2.45, 2.75) is 52.4 Å². The zero-order chi connectivity index (χ0) is 29.7. The summed E-state index contributed by atoms with van der Waals surface area (Å²) >= 11 is 0. The molecule has 4 aromatic carbocycles. The summed E-state index contributed by atoms with van der Waals surface area (Å²) in [6.07, 6.45) is 3.96. The van der Waals surface area contributed by atoms with E-state index in [9.17, 15) is 0 Å². The van der Waals surface area contributed by atoms with Gasteiger partial charge in [-0.25, -0.2) is 4.98 Å². The van der Waals surface area contributed by atoms with Gasteiger partial charge in [0.15, 0.2) is 5.76 Å². The summed E-state index contributed by atoms with van der Waals surface area (Å²) in [6, 6.07) is 39.4. The fourth-order valence-corrected chi connectivity index (χ4v) is 4.65. The molecule has 0 saturated carbocycles. The first-order valence-corrected chi connectivity index (χ1v) is 14.4. The predicted octanol–water partition coefficient (Wildman–Crippen LogP) is 10.1. The largest absolute Gasteiger partial charge is 0.356 e. The molecular weight excluding hydrogens is 514 g/mol. The normalized spacial score (nSPS) is 11.6. The second-order valence-electron chi connectivity index (χ2n) is 12.6. The van der Waals surface area contributed by atoms with E-state index in [1.54, 1.807) is 0 Å². The summed E-state index contributed by atoms with van der Waals surface area (Å²) in [4.78, 5) is 4.52. The Morgan fingerprint density at radius 3 is 1.76 bits per heavy atom. The van der Waals surface area contributed by atoms with E-state index in [0.29, 0.717) is 0 Å². The third-order valence-electron chi connectivity index (χ3n) is 7.26. The zero-order valence-electron chi connectivity index (χ0n) is 25.4. The van der Waals surface area contributed by atoms with Crippen LogP contribution in [0.4, 0.5) is 0 Å². The molecule has 0 radical (unpaired) electrons. The van der Waals surface area contributed by atoms with Crippen LogP contribution in [0.3, 0.4) is 0 Å². The first-order valence-electron chi connectivity index (χ1n) is 14.4. The van der Waals surface area contributed by atoms with Crippen molar-refractivity contribution in [1.82, 2.24) is 14.7 Å². The molecular formula is C38H39N3O. The number of imidazole rings is 1. The number of hydrogen-bond acceptors (Lipinski definition) is 3. The molecule has 0 aliphatic carbocycles. The van der Waals surface area contributed by atoms with E-state index >= 15 is 0 Å². The molecule has 0 saturated heterocycles. The number of benzene rings is 4. The average Bonchev–Trinajstić information content (AvgIpc) is 3.69. The molecule has 4 nitrogen and oxygen atoms in total. The highest BCUT2D eigenvalue weighted by molar-refractivity contribution is 5.67. The third-order valence-corrected chi connectivity index (χ3v) is 7.26. The fraction of sp³-hybridized carbons (Fsp3) is 0.211. The average molecular weight is 554 g/mol. The second-order valence-corrected chi connectivity index (χ2v) is 12.6. The van der Waals surface area contributed by atoms with Crippen LogP contribution in [0.2, 0.25) is 0 Å². The Hall–Kier alpha value is -4.70. The Morgan fingerprint density at radius 2 is 1.12 bits per heavy atom. The van der Waals surface area contributed by atoms with Gasteiger partial charge in [0.1, 0.15) is 5.69 Å². The summed E-state index contributed by atoms with van der Waals surface area (Å²) in [5.41, 5.74) is 9.20. The van der Waals surface area contributed by atoms with Gasteiger partial charge in [-0.3, -0.25) is 0 Å². The minimum atomic E-state index is 0.127. The topological polar surface area (TPSA) is 43.9 Å². The van der Waals surface area contributed by atoms with Crippen LogP contribution in [0.25, 0.3) is 39.5 Å². The number of rotatable bonds is 4. The van der Waals surface area contributed by atoms with Crippen LogP contribution in [0.1, 0.15) is 52.7 Å². The van der Waals surface area contributed by atoms with Crippen LogP contribution >= 0.6 is 0 Å². The van der Waals surface area contributed by atoms with Gasteiger partial charge in [-0.15, -0.1) is 0 Å². The molecule has 0 bridgehead atoms. The van der Waals surface area contributed by atoms with E-state index in [-0.39, 0.29) is 10.8 Å². The van der Waals surface area contributed by atoms with E-state index in [0.717, 1.165) is 39.5 Å². The van der Waals surface area contributed by atoms with Gasteiger partial charge in [0, 0.05) is 34.6 Å². The summed E-state index contributed by atoms with van der Waals surface area (Å²) in [6.45, 7) is 13.3. The van der Waals surface area contributed by atoms with Crippen molar-refractivity contribution < 1.29 is 4.52 Å². The van der Waals surface area contributed by atoms with Crippen LogP contribution in [0, 0.1) is 0 Å². The maximum Gasteiger partial charge on any atom is 0.167 e. The molecule has 6 aromatic rings. The van der Waals surface area contributed by atoms with Crippen molar-refractivity contribution in [2.75, 3.05) is 0 Å². The Kier molecular flexibility index (Phi) is 8.26. The summed E-state index contributed by atoms with van der Waals surface area (Å²) < 4.78 is 7.56. The van der Waals surface area contributed by atoms with Gasteiger partial charge in [0.2, 0.25) is 0 Å². The molecule has 0 amide bonds. The van der Waals surface area contributed by atoms with Crippen LogP contribution in [-0.4, -0.2) is 14.7 Å². The molecule has 212 valence electrons. The summed E-state index contributed by atoms with van der Waals surface area (Å²) in [5.74, 6) is 0.798. The lowest BCUT2D eigenvalue weighted by Gasteiger charge is -2.19. The maximum atomic E-state index is 5.48.